The molecule has 1 aromatic heterocycles. The Bertz CT molecular complexity index is 379. The molecular weight excluding hydrogens is 200 g/mol. The normalized spacial score (nSPS) is 9.62. The Kier molecular flexibility index (Phi) is 2.43. The monoisotopic (exact) mass is 202 g/mol. The van der Waals surface area contributed by atoms with E-state index in [-0.39, 0.29) is 5.02 Å². The summed E-state index contributed by atoms with van der Waals surface area (Å²) in [5, 5.41) is 18.7. The molecule has 0 saturated carbocycles. The van der Waals surface area contributed by atoms with E-state index in [0.717, 1.165) is 12.4 Å². The van der Waals surface area contributed by atoms with Crippen LogP contribution in [0.4, 0.5) is 5.69 Å². The zero-order valence-electron chi connectivity index (χ0n) is 6.10. The molecule has 0 aliphatic carbocycles. The van der Waals surface area contributed by atoms with Crippen LogP contribution in [0.15, 0.2) is 12.4 Å². The van der Waals surface area contributed by atoms with Crippen molar-refractivity contribution in [3.05, 3.63) is 33.1 Å². The summed E-state index contributed by atoms with van der Waals surface area (Å²) in [6.07, 6.45) is 1.88. The van der Waals surface area contributed by atoms with Crippen LogP contribution in [0.5, 0.6) is 0 Å². The van der Waals surface area contributed by atoms with Gasteiger partial charge in [0.15, 0.2) is 5.56 Å². The Balaban J connectivity index is 3.43. The smallest absolute Gasteiger partial charge is 0.344 e. The van der Waals surface area contributed by atoms with E-state index in [1.165, 1.54) is 0 Å². The fourth-order valence-electron chi connectivity index (χ4n) is 0.775. The van der Waals surface area contributed by atoms with Gasteiger partial charge < -0.3 is 5.11 Å². The van der Waals surface area contributed by atoms with Crippen molar-refractivity contribution in [2.75, 3.05) is 0 Å². The first-order chi connectivity index (χ1) is 6.04. The minimum Gasteiger partial charge on any atom is -0.477 e. The molecule has 1 N–H and O–H groups in total. The average molecular weight is 203 g/mol. The molecule has 7 heteroatoms. The molecule has 1 heterocycles. The van der Waals surface area contributed by atoms with Gasteiger partial charge in [-0.05, 0) is 0 Å². The summed E-state index contributed by atoms with van der Waals surface area (Å²) in [6.45, 7) is 0. The predicted molar refractivity (Wildman–Crippen MR) is 42.9 cm³/mol. The summed E-state index contributed by atoms with van der Waals surface area (Å²) >= 11 is 5.42. The average Bonchev–Trinajstić information content (AvgIpc) is 2.02. The van der Waals surface area contributed by atoms with E-state index < -0.39 is 22.1 Å². The second-order valence-electron chi connectivity index (χ2n) is 2.08. The number of halogens is 1. The number of aromatic carboxylic acids is 1. The van der Waals surface area contributed by atoms with E-state index in [1.54, 1.807) is 0 Å². The number of nitro groups is 1. The number of rotatable bonds is 2. The van der Waals surface area contributed by atoms with Crippen LogP contribution in [0.1, 0.15) is 10.4 Å². The molecule has 1 rings (SSSR count). The van der Waals surface area contributed by atoms with Crippen molar-refractivity contribution in [2.24, 2.45) is 0 Å². The first-order valence-electron chi connectivity index (χ1n) is 3.05. The SMILES string of the molecule is O=C(O)c1c(Cl)cncc1[N+](=O)[O-]. The van der Waals surface area contributed by atoms with Gasteiger partial charge in [0, 0.05) is 6.20 Å². The first-order valence-corrected chi connectivity index (χ1v) is 3.43. The standard InChI is InChI=1S/C6H3ClN2O4/c7-3-1-8-2-4(9(12)13)5(3)6(10)11/h1-2H,(H,10,11). The summed E-state index contributed by atoms with van der Waals surface area (Å²) < 4.78 is 0. The second-order valence-corrected chi connectivity index (χ2v) is 2.48. The van der Waals surface area contributed by atoms with Crippen LogP contribution in [0.25, 0.3) is 0 Å². The number of aromatic nitrogens is 1. The van der Waals surface area contributed by atoms with Gasteiger partial charge in [-0.25, -0.2) is 4.79 Å². The van der Waals surface area contributed by atoms with Crippen molar-refractivity contribution in [2.45, 2.75) is 0 Å². The highest BCUT2D eigenvalue weighted by molar-refractivity contribution is 6.33. The van der Waals surface area contributed by atoms with Crippen molar-refractivity contribution in [1.82, 2.24) is 4.98 Å². The highest BCUT2D eigenvalue weighted by atomic mass is 35.5. The number of hydrogen-bond acceptors (Lipinski definition) is 4. The molecular formula is C6H3ClN2O4. The largest absolute Gasteiger partial charge is 0.477 e. The Hall–Kier alpha value is -1.69. The fraction of sp³-hybridized carbons (Fsp3) is 0. The number of hydrogen-bond donors (Lipinski definition) is 1. The van der Waals surface area contributed by atoms with E-state index in [1.807, 2.05) is 0 Å². The van der Waals surface area contributed by atoms with Crippen molar-refractivity contribution in [1.29, 1.82) is 0 Å². The Labute approximate surface area is 76.9 Å². The third kappa shape index (κ3) is 1.73. The fourth-order valence-corrected chi connectivity index (χ4v) is 1.01. The lowest BCUT2D eigenvalue weighted by Gasteiger charge is -1.97. The van der Waals surface area contributed by atoms with Gasteiger partial charge in [-0.3, -0.25) is 15.1 Å². The van der Waals surface area contributed by atoms with Gasteiger partial charge >= 0.3 is 11.7 Å². The molecule has 0 bridgehead atoms. The molecule has 0 fully saturated rings. The van der Waals surface area contributed by atoms with Crippen LogP contribution < -0.4 is 0 Å². The summed E-state index contributed by atoms with van der Waals surface area (Å²) in [7, 11) is 0. The quantitative estimate of drug-likeness (QED) is 0.577. The summed E-state index contributed by atoms with van der Waals surface area (Å²) in [6, 6.07) is 0. The van der Waals surface area contributed by atoms with Gasteiger partial charge in [0.2, 0.25) is 0 Å². The number of pyridine rings is 1. The molecule has 0 amide bonds. The van der Waals surface area contributed by atoms with Crippen LogP contribution in [0.3, 0.4) is 0 Å². The third-order valence-electron chi connectivity index (χ3n) is 1.29. The molecule has 0 unspecified atom stereocenters. The molecule has 68 valence electrons. The van der Waals surface area contributed by atoms with E-state index in [2.05, 4.69) is 4.98 Å². The van der Waals surface area contributed by atoms with E-state index >= 15 is 0 Å². The number of nitrogens with zero attached hydrogens (tertiary/aromatic N) is 2. The van der Waals surface area contributed by atoms with Crippen molar-refractivity contribution < 1.29 is 14.8 Å². The van der Waals surface area contributed by atoms with Gasteiger partial charge in [-0.2, -0.15) is 0 Å². The van der Waals surface area contributed by atoms with Gasteiger partial charge in [-0.1, -0.05) is 11.6 Å². The van der Waals surface area contributed by atoms with Crippen molar-refractivity contribution >= 4 is 23.3 Å². The van der Waals surface area contributed by atoms with Crippen LogP contribution >= 0.6 is 11.6 Å². The molecule has 0 atom stereocenters. The maximum Gasteiger partial charge on any atom is 0.344 e. The highest BCUT2D eigenvalue weighted by Crippen LogP contribution is 2.24. The molecule has 13 heavy (non-hydrogen) atoms. The lowest BCUT2D eigenvalue weighted by Crippen LogP contribution is -2.04. The number of carboxylic acid groups (broad SMARTS) is 1. The second kappa shape index (κ2) is 3.36. The van der Waals surface area contributed by atoms with Gasteiger partial charge in [0.25, 0.3) is 0 Å². The van der Waals surface area contributed by atoms with Crippen LogP contribution in [0, 0.1) is 10.1 Å². The molecule has 0 aliphatic heterocycles. The Morgan fingerprint density at radius 3 is 2.62 bits per heavy atom. The van der Waals surface area contributed by atoms with Gasteiger partial charge in [0.1, 0.15) is 6.20 Å². The van der Waals surface area contributed by atoms with Crippen molar-refractivity contribution in [3.8, 4) is 0 Å². The maximum absolute atomic E-state index is 10.5. The molecule has 0 aliphatic rings. The summed E-state index contributed by atoms with van der Waals surface area (Å²) in [5.74, 6) is -1.45. The van der Waals surface area contributed by atoms with Gasteiger partial charge in [-0.15, -0.1) is 0 Å². The van der Waals surface area contributed by atoms with E-state index in [0.29, 0.717) is 0 Å². The molecule has 0 radical (unpaired) electrons. The maximum atomic E-state index is 10.5. The lowest BCUT2D eigenvalue weighted by molar-refractivity contribution is -0.385. The first kappa shape index (κ1) is 9.40. The minimum atomic E-state index is -1.45. The van der Waals surface area contributed by atoms with Crippen LogP contribution in [-0.2, 0) is 0 Å². The van der Waals surface area contributed by atoms with Crippen LogP contribution in [-0.4, -0.2) is 21.0 Å². The zero-order valence-corrected chi connectivity index (χ0v) is 6.85. The van der Waals surface area contributed by atoms with Gasteiger partial charge in [0.05, 0.1) is 9.95 Å². The highest BCUT2D eigenvalue weighted by Gasteiger charge is 2.23. The molecule has 0 aromatic carbocycles. The zero-order chi connectivity index (χ0) is 10.0. The third-order valence-corrected chi connectivity index (χ3v) is 1.58. The number of carboxylic acids is 1. The predicted octanol–water partition coefficient (Wildman–Crippen LogP) is 1.34. The minimum absolute atomic E-state index is 0.248. The molecule has 1 aromatic rings. The van der Waals surface area contributed by atoms with E-state index in [9.17, 15) is 14.9 Å². The topological polar surface area (TPSA) is 93.3 Å². The summed E-state index contributed by atoms with van der Waals surface area (Å²) in [5.41, 5.74) is -1.15. The van der Waals surface area contributed by atoms with Crippen LogP contribution in [0.2, 0.25) is 5.02 Å². The molecule has 6 nitrogen and oxygen atoms in total. The lowest BCUT2D eigenvalue weighted by atomic mass is 10.2. The molecule has 0 saturated heterocycles. The Morgan fingerprint density at radius 1 is 1.62 bits per heavy atom. The van der Waals surface area contributed by atoms with E-state index in [4.69, 9.17) is 16.7 Å². The van der Waals surface area contributed by atoms with Crippen molar-refractivity contribution in [3.63, 3.8) is 0 Å². The molecule has 0 spiro atoms. The number of carbonyl (C=O) groups is 1. The Morgan fingerprint density at radius 2 is 2.23 bits per heavy atom. The summed E-state index contributed by atoms with van der Waals surface area (Å²) in [4.78, 5) is 23.4.